The lowest BCUT2D eigenvalue weighted by molar-refractivity contribution is -0.138. The largest absolute Gasteiger partial charge is 0.378 e. The Hall–Kier alpha value is -3.22. The van der Waals surface area contributed by atoms with Gasteiger partial charge in [0.05, 0.1) is 23.9 Å². The number of sulfonamides is 1. The number of hydrogen-bond donors (Lipinski definition) is 2. The van der Waals surface area contributed by atoms with E-state index in [0.717, 1.165) is 24.8 Å². The molecule has 2 amide bonds. The Balaban J connectivity index is 1.66. The van der Waals surface area contributed by atoms with Gasteiger partial charge in [-0.2, -0.15) is 0 Å². The van der Waals surface area contributed by atoms with Crippen LogP contribution in [-0.4, -0.2) is 62.6 Å². The van der Waals surface area contributed by atoms with Crippen molar-refractivity contribution in [1.29, 1.82) is 0 Å². The smallest absolute Gasteiger partial charge is 0.255 e. The Labute approximate surface area is 267 Å². The highest BCUT2D eigenvalue weighted by Crippen LogP contribution is 2.48. The fourth-order valence-corrected chi connectivity index (χ4v) is 7.52. The zero-order valence-corrected chi connectivity index (χ0v) is 27.0. The molecule has 5 rings (SSSR count). The molecule has 0 radical (unpaired) electrons. The molecule has 2 aliphatic rings. The van der Waals surface area contributed by atoms with E-state index in [1.54, 1.807) is 47.5 Å². The van der Waals surface area contributed by atoms with Gasteiger partial charge < -0.3 is 9.80 Å². The van der Waals surface area contributed by atoms with Crippen LogP contribution in [0, 0.1) is 0 Å². The second-order valence-electron chi connectivity index (χ2n) is 11.4. The molecule has 10 nitrogen and oxygen atoms in total. The minimum atomic E-state index is -3.59. The first kappa shape index (κ1) is 32.2. The Bertz CT molecular complexity index is 1640. The van der Waals surface area contributed by atoms with Gasteiger partial charge in [0, 0.05) is 53.7 Å². The van der Waals surface area contributed by atoms with Gasteiger partial charge in [-0.3, -0.25) is 19.4 Å². The van der Waals surface area contributed by atoms with Gasteiger partial charge in [0.15, 0.2) is 0 Å². The molecule has 4 atom stereocenters. The molecule has 1 saturated carbocycles. The zero-order chi connectivity index (χ0) is 31.6. The number of hydroxylamine groups is 1. The van der Waals surface area contributed by atoms with Gasteiger partial charge >= 0.3 is 0 Å². The van der Waals surface area contributed by atoms with Crippen molar-refractivity contribution < 1.29 is 22.8 Å². The maximum atomic E-state index is 14.5. The third kappa shape index (κ3) is 7.02. The van der Waals surface area contributed by atoms with Crippen LogP contribution in [0.5, 0.6) is 0 Å². The van der Waals surface area contributed by atoms with Crippen LogP contribution in [0.2, 0.25) is 10.0 Å². The molecule has 1 aromatic heterocycles. The number of pyridine rings is 1. The zero-order valence-electron chi connectivity index (χ0n) is 24.7. The molecular weight excluding hydrogens is 625 g/mol. The molecule has 0 bridgehead atoms. The second kappa shape index (κ2) is 13.4. The molecule has 1 aliphatic heterocycles. The minimum absolute atomic E-state index is 0.0296. The van der Waals surface area contributed by atoms with Gasteiger partial charge in [-0.25, -0.2) is 18.6 Å². The van der Waals surface area contributed by atoms with Gasteiger partial charge in [0.1, 0.15) is 6.61 Å². The highest BCUT2D eigenvalue weighted by Gasteiger charge is 2.49. The number of fused-ring (bicyclic) bond motifs is 1. The van der Waals surface area contributed by atoms with Crippen molar-refractivity contribution in [3.63, 3.8) is 0 Å². The van der Waals surface area contributed by atoms with Crippen LogP contribution in [0.1, 0.15) is 64.8 Å². The lowest BCUT2D eigenvalue weighted by atomic mass is 9.76. The number of hydrogen-bond acceptors (Lipinski definition) is 7. The predicted molar refractivity (Wildman–Crippen MR) is 170 cm³/mol. The van der Waals surface area contributed by atoms with Crippen molar-refractivity contribution in [2.45, 2.75) is 56.3 Å². The van der Waals surface area contributed by atoms with E-state index in [9.17, 15) is 18.0 Å². The van der Waals surface area contributed by atoms with Gasteiger partial charge in [0.25, 0.3) is 11.8 Å². The maximum absolute atomic E-state index is 14.5. The van der Waals surface area contributed by atoms with E-state index in [1.807, 2.05) is 37.2 Å². The van der Waals surface area contributed by atoms with Crippen molar-refractivity contribution in [2.24, 2.45) is 0 Å². The standard InChI is InChI=1S/C31H35Cl2N5O5S/c1-37(2)21-12-14-22-24(17-21)28(30(39)35-43-18-20-8-6-7-15-34-20)29(23-13-11-19(32)16-25(23)33)38(31(22)40)27-10-5-4-9-26(27)36-44(3,41)42/h6-8,11-17,26-29,36H,4-5,9-10,18H2,1-3H3,(H,35,39)/t26-,27-,28+,29-/m0/s1. The molecule has 3 aromatic rings. The number of halogens is 2. The van der Waals surface area contributed by atoms with Crippen LogP contribution in [0.25, 0.3) is 0 Å². The molecule has 0 spiro atoms. The normalized spacial score (nSPS) is 21.9. The van der Waals surface area contributed by atoms with E-state index >= 15 is 0 Å². The second-order valence-corrected chi connectivity index (χ2v) is 14.0. The average Bonchev–Trinajstić information content (AvgIpc) is 2.97. The molecule has 2 N–H and O–H groups in total. The number of anilines is 1. The summed E-state index contributed by atoms with van der Waals surface area (Å²) in [4.78, 5) is 42.2. The van der Waals surface area contributed by atoms with E-state index in [4.69, 9.17) is 28.0 Å². The number of nitrogens with one attached hydrogen (secondary N) is 2. The summed E-state index contributed by atoms with van der Waals surface area (Å²) in [7, 11) is 0.157. The van der Waals surface area contributed by atoms with E-state index < -0.39 is 40.0 Å². The summed E-state index contributed by atoms with van der Waals surface area (Å²) < 4.78 is 27.6. The van der Waals surface area contributed by atoms with E-state index in [-0.39, 0.29) is 17.5 Å². The maximum Gasteiger partial charge on any atom is 0.255 e. The monoisotopic (exact) mass is 659 g/mol. The van der Waals surface area contributed by atoms with Crippen molar-refractivity contribution in [3.05, 3.63) is 93.2 Å². The average molecular weight is 661 g/mol. The first-order chi connectivity index (χ1) is 20.9. The summed E-state index contributed by atoms with van der Waals surface area (Å²) in [5, 5.41) is 0.680. The first-order valence-electron chi connectivity index (χ1n) is 14.3. The highest BCUT2D eigenvalue weighted by atomic mass is 35.5. The lowest BCUT2D eigenvalue weighted by Crippen LogP contribution is -2.59. The minimum Gasteiger partial charge on any atom is -0.378 e. The molecule has 0 saturated heterocycles. The number of aromatic nitrogens is 1. The number of amides is 2. The summed E-state index contributed by atoms with van der Waals surface area (Å²) in [6.07, 6.45) is 5.40. The molecular formula is C31H35Cl2N5O5S. The number of nitrogens with zero attached hydrogens (tertiary/aromatic N) is 3. The Morgan fingerprint density at radius 1 is 1.07 bits per heavy atom. The third-order valence-electron chi connectivity index (χ3n) is 8.10. The lowest BCUT2D eigenvalue weighted by Gasteiger charge is -2.49. The van der Waals surface area contributed by atoms with Crippen LogP contribution in [-0.2, 0) is 26.3 Å². The molecule has 2 heterocycles. The summed E-state index contributed by atoms with van der Waals surface area (Å²) in [6, 6.07) is 13.7. The van der Waals surface area contributed by atoms with Gasteiger partial charge in [-0.1, -0.05) is 48.2 Å². The topological polar surface area (TPSA) is 121 Å². The molecule has 2 aromatic carbocycles. The summed E-state index contributed by atoms with van der Waals surface area (Å²) >= 11 is 13.1. The number of rotatable bonds is 9. The SMILES string of the molecule is CN(C)c1ccc2c(c1)[C@@H](C(=O)NOCc1ccccn1)[C@H](c1ccc(Cl)cc1Cl)N([C@H]1CCCC[C@@H]1NS(C)(=O)=O)C2=O. The van der Waals surface area contributed by atoms with E-state index in [1.165, 1.54) is 0 Å². The van der Waals surface area contributed by atoms with Crippen LogP contribution < -0.4 is 15.1 Å². The number of carbonyl (C=O) groups is 2. The molecule has 0 unspecified atom stereocenters. The van der Waals surface area contributed by atoms with Crippen molar-refractivity contribution >= 4 is 50.7 Å². The summed E-state index contributed by atoms with van der Waals surface area (Å²) in [6.45, 7) is 0.0296. The van der Waals surface area contributed by atoms with E-state index in [2.05, 4.69) is 15.2 Å². The molecule has 44 heavy (non-hydrogen) atoms. The van der Waals surface area contributed by atoms with Crippen molar-refractivity contribution in [2.75, 3.05) is 25.3 Å². The Morgan fingerprint density at radius 3 is 2.52 bits per heavy atom. The Morgan fingerprint density at radius 2 is 1.84 bits per heavy atom. The van der Waals surface area contributed by atoms with Gasteiger partial charge in [-0.15, -0.1) is 0 Å². The third-order valence-corrected chi connectivity index (χ3v) is 9.40. The summed E-state index contributed by atoms with van der Waals surface area (Å²) in [5.41, 5.74) is 5.39. The van der Waals surface area contributed by atoms with Gasteiger partial charge in [-0.05, 0) is 66.4 Å². The fourth-order valence-electron chi connectivity index (χ4n) is 6.17. The first-order valence-corrected chi connectivity index (χ1v) is 17.0. The van der Waals surface area contributed by atoms with Crippen LogP contribution >= 0.6 is 23.2 Å². The molecule has 1 aliphatic carbocycles. The number of benzene rings is 2. The fraction of sp³-hybridized carbons (Fsp3) is 0.387. The van der Waals surface area contributed by atoms with E-state index in [0.29, 0.717) is 40.2 Å². The highest BCUT2D eigenvalue weighted by molar-refractivity contribution is 7.88. The van der Waals surface area contributed by atoms with Crippen molar-refractivity contribution in [1.82, 2.24) is 20.1 Å². The van der Waals surface area contributed by atoms with Crippen molar-refractivity contribution in [3.8, 4) is 0 Å². The van der Waals surface area contributed by atoms with Crippen LogP contribution in [0.4, 0.5) is 5.69 Å². The molecule has 1 fully saturated rings. The number of carbonyl (C=O) groups excluding carboxylic acids is 2. The summed E-state index contributed by atoms with van der Waals surface area (Å²) in [5.74, 6) is -1.77. The van der Waals surface area contributed by atoms with Crippen LogP contribution in [0.15, 0.2) is 60.8 Å². The quantitative estimate of drug-likeness (QED) is 0.315. The molecule has 13 heteroatoms. The van der Waals surface area contributed by atoms with Crippen LogP contribution in [0.3, 0.4) is 0 Å². The predicted octanol–water partition coefficient (Wildman–Crippen LogP) is 4.84. The Kier molecular flexibility index (Phi) is 9.81. The molecule has 234 valence electrons. The van der Waals surface area contributed by atoms with Gasteiger partial charge in [0.2, 0.25) is 10.0 Å².